The zero-order valence-corrected chi connectivity index (χ0v) is 8.10. The monoisotopic (exact) mass is 172 g/mol. The minimum absolute atomic E-state index is 1.34. The number of rotatable bonds is 0. The average molecular weight is 172 g/mol. The quantitative estimate of drug-likeness (QED) is 0.564. The summed E-state index contributed by atoms with van der Waals surface area (Å²) in [4.78, 5) is 0. The first-order valence-electron chi connectivity index (χ1n) is 5.57. The summed E-state index contributed by atoms with van der Waals surface area (Å²) in [5, 5.41) is 0. The topological polar surface area (TPSA) is 0 Å². The second-order valence-electron chi connectivity index (χ2n) is 4.40. The van der Waals surface area contributed by atoms with Crippen LogP contribution in [0.25, 0.3) is 0 Å². The molecule has 0 nitrogen and oxygen atoms in total. The van der Waals surface area contributed by atoms with E-state index in [4.69, 9.17) is 0 Å². The van der Waals surface area contributed by atoms with E-state index in [-0.39, 0.29) is 0 Å². The Labute approximate surface area is 80.0 Å². The molecule has 0 N–H and O–H groups in total. The Hall–Kier alpha value is -0.780. The van der Waals surface area contributed by atoms with Crippen molar-refractivity contribution in [3.63, 3.8) is 0 Å². The molecule has 2 aliphatic carbocycles. The van der Waals surface area contributed by atoms with E-state index < -0.39 is 0 Å². The van der Waals surface area contributed by atoms with Gasteiger partial charge >= 0.3 is 0 Å². The van der Waals surface area contributed by atoms with Gasteiger partial charge < -0.3 is 0 Å². The van der Waals surface area contributed by atoms with E-state index in [0.29, 0.717) is 0 Å². The Morgan fingerprint density at radius 1 is 0.615 bits per heavy atom. The lowest BCUT2D eigenvalue weighted by Crippen LogP contribution is -2.06. The highest BCUT2D eigenvalue weighted by Gasteiger charge is 2.19. The van der Waals surface area contributed by atoms with Crippen LogP contribution >= 0.6 is 0 Å². The minimum atomic E-state index is 1.34. The first kappa shape index (κ1) is 7.61. The Kier molecular flexibility index (Phi) is 1.68. The molecule has 1 aromatic rings. The predicted octanol–water partition coefficient (Wildman–Crippen LogP) is 3.05. The van der Waals surface area contributed by atoms with Gasteiger partial charge in [-0.3, -0.25) is 0 Å². The molecule has 0 heterocycles. The van der Waals surface area contributed by atoms with Crippen LogP contribution in [0, 0.1) is 0 Å². The van der Waals surface area contributed by atoms with E-state index in [1.165, 1.54) is 44.9 Å². The van der Waals surface area contributed by atoms with Crippen LogP contribution < -0.4 is 0 Å². The van der Waals surface area contributed by atoms with Gasteiger partial charge in [0, 0.05) is 0 Å². The van der Waals surface area contributed by atoms with Crippen molar-refractivity contribution in [3.8, 4) is 0 Å². The van der Waals surface area contributed by atoms with Crippen molar-refractivity contribution in [2.24, 2.45) is 0 Å². The van der Waals surface area contributed by atoms with Gasteiger partial charge in [-0.1, -0.05) is 12.1 Å². The van der Waals surface area contributed by atoms with Gasteiger partial charge in [0.2, 0.25) is 0 Å². The second-order valence-corrected chi connectivity index (χ2v) is 4.40. The zero-order chi connectivity index (χ0) is 8.67. The largest absolute Gasteiger partial charge is 0.0585 e. The molecule has 0 atom stereocenters. The van der Waals surface area contributed by atoms with Crippen molar-refractivity contribution >= 4 is 0 Å². The maximum absolute atomic E-state index is 2.39. The smallest absolute Gasteiger partial charge is 0.0270 e. The van der Waals surface area contributed by atoms with Crippen LogP contribution in [0.15, 0.2) is 12.1 Å². The lowest BCUT2D eigenvalue weighted by molar-refractivity contribution is 0.679. The molecule has 2 aliphatic rings. The van der Waals surface area contributed by atoms with Gasteiger partial charge in [-0.2, -0.15) is 0 Å². The fourth-order valence-corrected chi connectivity index (χ4v) is 2.95. The maximum atomic E-state index is 2.39. The molecule has 0 amide bonds. The van der Waals surface area contributed by atoms with Crippen LogP contribution in [0.4, 0.5) is 0 Å². The third-order valence-electron chi connectivity index (χ3n) is 3.62. The van der Waals surface area contributed by atoms with Crippen molar-refractivity contribution in [2.75, 3.05) is 0 Å². The fourth-order valence-electron chi connectivity index (χ4n) is 2.95. The van der Waals surface area contributed by atoms with E-state index in [1.807, 2.05) is 0 Å². The SMILES string of the molecule is c1cc2c(c3c1CCCC3)CCC2. The lowest BCUT2D eigenvalue weighted by Gasteiger charge is -2.19. The van der Waals surface area contributed by atoms with Gasteiger partial charge in [0.15, 0.2) is 0 Å². The highest BCUT2D eigenvalue weighted by Crippen LogP contribution is 2.32. The summed E-state index contributed by atoms with van der Waals surface area (Å²) in [5.41, 5.74) is 6.78. The van der Waals surface area contributed by atoms with Gasteiger partial charge in [0.25, 0.3) is 0 Å². The van der Waals surface area contributed by atoms with Gasteiger partial charge in [0.1, 0.15) is 0 Å². The molecule has 0 unspecified atom stereocenters. The van der Waals surface area contributed by atoms with E-state index in [0.717, 1.165) is 0 Å². The van der Waals surface area contributed by atoms with Crippen LogP contribution in [0.2, 0.25) is 0 Å². The van der Waals surface area contributed by atoms with E-state index in [1.54, 1.807) is 22.3 Å². The molecule has 0 fully saturated rings. The summed E-state index contributed by atoms with van der Waals surface area (Å²) in [5.74, 6) is 0. The van der Waals surface area contributed by atoms with E-state index >= 15 is 0 Å². The van der Waals surface area contributed by atoms with Crippen LogP contribution in [0.5, 0.6) is 0 Å². The van der Waals surface area contributed by atoms with Crippen LogP contribution in [-0.4, -0.2) is 0 Å². The number of hydrogen-bond donors (Lipinski definition) is 0. The van der Waals surface area contributed by atoms with Gasteiger partial charge in [-0.15, -0.1) is 0 Å². The average Bonchev–Trinajstić information content (AvgIpc) is 2.65. The summed E-state index contributed by atoms with van der Waals surface area (Å²) in [6.45, 7) is 0. The summed E-state index contributed by atoms with van der Waals surface area (Å²) < 4.78 is 0. The molecule has 3 rings (SSSR count). The van der Waals surface area contributed by atoms with E-state index in [2.05, 4.69) is 12.1 Å². The molecule has 0 spiro atoms. The Morgan fingerprint density at radius 2 is 1.15 bits per heavy atom. The Bertz CT molecular complexity index is 336. The molecule has 0 saturated carbocycles. The van der Waals surface area contributed by atoms with Crippen molar-refractivity contribution in [1.82, 2.24) is 0 Å². The van der Waals surface area contributed by atoms with Crippen molar-refractivity contribution in [1.29, 1.82) is 0 Å². The van der Waals surface area contributed by atoms with Gasteiger partial charge in [-0.25, -0.2) is 0 Å². The highest BCUT2D eigenvalue weighted by atomic mass is 14.2. The lowest BCUT2D eigenvalue weighted by atomic mass is 9.87. The molecule has 68 valence electrons. The molecule has 0 saturated heterocycles. The number of benzene rings is 1. The summed E-state index contributed by atoms with van der Waals surface area (Å²) >= 11 is 0. The number of fused-ring (bicyclic) bond motifs is 3. The highest BCUT2D eigenvalue weighted by molar-refractivity contribution is 5.44. The Balaban J connectivity index is 2.17. The van der Waals surface area contributed by atoms with Crippen molar-refractivity contribution in [2.45, 2.75) is 44.9 Å². The number of hydrogen-bond acceptors (Lipinski definition) is 0. The van der Waals surface area contributed by atoms with Crippen molar-refractivity contribution < 1.29 is 0 Å². The predicted molar refractivity (Wildman–Crippen MR) is 55.1 cm³/mol. The zero-order valence-electron chi connectivity index (χ0n) is 8.10. The third kappa shape index (κ3) is 1.12. The molecular weight excluding hydrogens is 156 g/mol. The molecule has 0 heteroatoms. The molecule has 1 aromatic carbocycles. The second kappa shape index (κ2) is 2.87. The molecule has 0 radical (unpaired) electrons. The third-order valence-corrected chi connectivity index (χ3v) is 3.62. The van der Waals surface area contributed by atoms with E-state index in [9.17, 15) is 0 Å². The standard InChI is InChI=1S/C13H16/c1-2-6-12-10(4-1)8-9-11-5-3-7-13(11)12/h8-9H,1-7H2. The normalized spacial score (nSPS) is 19.7. The molecule has 13 heavy (non-hydrogen) atoms. The van der Waals surface area contributed by atoms with Crippen LogP contribution in [0.1, 0.15) is 41.5 Å². The molecule has 0 bridgehead atoms. The first-order chi connectivity index (χ1) is 6.45. The summed E-state index contributed by atoms with van der Waals surface area (Å²) in [6.07, 6.45) is 9.61. The van der Waals surface area contributed by atoms with Crippen molar-refractivity contribution in [3.05, 3.63) is 34.4 Å². The van der Waals surface area contributed by atoms with Gasteiger partial charge in [0.05, 0.1) is 0 Å². The number of aryl methyl sites for hydroxylation is 2. The maximum Gasteiger partial charge on any atom is -0.0270 e. The molecular formula is C13H16. The van der Waals surface area contributed by atoms with Crippen LogP contribution in [0.3, 0.4) is 0 Å². The minimum Gasteiger partial charge on any atom is -0.0585 e. The van der Waals surface area contributed by atoms with Crippen LogP contribution in [-0.2, 0) is 25.7 Å². The molecule has 0 aromatic heterocycles. The fraction of sp³-hybridized carbons (Fsp3) is 0.538. The van der Waals surface area contributed by atoms with Gasteiger partial charge in [-0.05, 0) is 67.2 Å². The summed E-state index contributed by atoms with van der Waals surface area (Å²) in [7, 11) is 0. The Morgan fingerprint density at radius 3 is 1.92 bits per heavy atom. The first-order valence-corrected chi connectivity index (χ1v) is 5.57. The molecule has 0 aliphatic heterocycles. The summed E-state index contributed by atoms with van der Waals surface area (Å²) in [6, 6.07) is 4.77.